The van der Waals surface area contributed by atoms with Gasteiger partial charge in [0, 0.05) is 36.3 Å². The fourth-order valence-electron chi connectivity index (χ4n) is 5.44. The van der Waals surface area contributed by atoms with Crippen LogP contribution in [0.4, 0.5) is 13.2 Å². The Kier molecular flexibility index (Phi) is 7.92. The van der Waals surface area contributed by atoms with E-state index in [2.05, 4.69) is 4.72 Å². The van der Waals surface area contributed by atoms with Gasteiger partial charge in [0.25, 0.3) is 5.91 Å². The number of nitrogens with two attached hydrogens (primary N) is 1. The van der Waals surface area contributed by atoms with Crippen LogP contribution in [0.2, 0.25) is 0 Å². The van der Waals surface area contributed by atoms with Gasteiger partial charge in [0.05, 0.1) is 15.7 Å². The van der Waals surface area contributed by atoms with E-state index in [1.165, 1.54) is 0 Å². The maximum atomic E-state index is 14.5. The van der Waals surface area contributed by atoms with Gasteiger partial charge in [0.2, 0.25) is 0 Å². The molecule has 3 N–H and O–H groups in total. The van der Waals surface area contributed by atoms with E-state index in [9.17, 15) is 22.2 Å². The van der Waals surface area contributed by atoms with Crippen LogP contribution in [-0.2, 0) is 24.0 Å². The molecule has 5 atom stereocenters. The molecular formula is C27H34F3N3O2S. The smallest absolute Gasteiger partial charge is 0.254 e. The van der Waals surface area contributed by atoms with Crippen molar-refractivity contribution in [2.24, 2.45) is 11.7 Å². The molecule has 2 heterocycles. The van der Waals surface area contributed by atoms with Crippen LogP contribution in [0.25, 0.3) is 0 Å². The molecule has 4 rings (SSSR count). The monoisotopic (exact) mass is 521 g/mol. The Bertz CT molecular complexity index is 1140. The first-order chi connectivity index (χ1) is 17.0. The van der Waals surface area contributed by atoms with E-state index in [0.717, 1.165) is 24.5 Å². The summed E-state index contributed by atoms with van der Waals surface area (Å²) in [5.41, 5.74) is 7.30. The Morgan fingerprint density at radius 1 is 1.08 bits per heavy atom. The van der Waals surface area contributed by atoms with Gasteiger partial charge in [-0.15, -0.1) is 0 Å². The summed E-state index contributed by atoms with van der Waals surface area (Å²) in [5.74, 6) is -3.20. The molecule has 0 radical (unpaired) electrons. The van der Waals surface area contributed by atoms with Crippen LogP contribution in [0.3, 0.4) is 0 Å². The minimum absolute atomic E-state index is 0.00459. The lowest BCUT2D eigenvalue weighted by Gasteiger charge is -2.42. The van der Waals surface area contributed by atoms with Gasteiger partial charge in [-0.05, 0) is 88.1 Å². The zero-order chi connectivity index (χ0) is 26.2. The van der Waals surface area contributed by atoms with E-state index < -0.39 is 39.2 Å². The van der Waals surface area contributed by atoms with Crippen molar-refractivity contribution < 1.29 is 22.2 Å². The molecule has 5 nitrogen and oxygen atoms in total. The summed E-state index contributed by atoms with van der Waals surface area (Å²) in [5, 5.41) is 0. The fraction of sp³-hybridized carbons (Fsp3) is 0.519. The normalized spacial score (nSPS) is 23.5. The second-order valence-corrected chi connectivity index (χ2v) is 12.9. The summed E-state index contributed by atoms with van der Waals surface area (Å²) < 4.78 is 57.6. The maximum absolute atomic E-state index is 14.5. The average molecular weight is 522 g/mol. The molecule has 2 aromatic carbocycles. The Hall–Kier alpha value is -2.23. The second kappa shape index (κ2) is 10.6. The molecule has 2 aliphatic heterocycles. The molecule has 2 aromatic rings. The number of hydrogen-bond acceptors (Lipinski definition) is 3. The number of carbonyl (C=O) groups excluding carboxylic acids is 1. The summed E-state index contributed by atoms with van der Waals surface area (Å²) in [4.78, 5) is 15.4. The number of hydrogen-bond donors (Lipinski definition) is 2. The molecule has 2 saturated heterocycles. The van der Waals surface area contributed by atoms with Crippen LogP contribution in [0.15, 0.2) is 36.4 Å². The predicted octanol–water partition coefficient (Wildman–Crippen LogP) is 4.61. The summed E-state index contributed by atoms with van der Waals surface area (Å²) in [6.45, 7) is 5.87. The lowest BCUT2D eigenvalue weighted by Crippen LogP contribution is -2.52. The van der Waals surface area contributed by atoms with Gasteiger partial charge < -0.3 is 10.6 Å². The van der Waals surface area contributed by atoms with E-state index in [-0.39, 0.29) is 35.9 Å². The molecule has 0 saturated carbocycles. The molecule has 2 fully saturated rings. The van der Waals surface area contributed by atoms with Crippen molar-refractivity contribution in [3.05, 3.63) is 70.5 Å². The van der Waals surface area contributed by atoms with E-state index in [1.807, 2.05) is 43.9 Å². The fourth-order valence-corrected chi connectivity index (χ4v) is 6.34. The Labute approximate surface area is 213 Å². The van der Waals surface area contributed by atoms with E-state index >= 15 is 0 Å². The number of nitrogens with zero attached hydrogens (tertiary/aromatic N) is 1. The van der Waals surface area contributed by atoms with Gasteiger partial charge in [-0.25, -0.2) is 22.1 Å². The standard InChI is InChI=1S/C27H34F3N3O2S/c1-27(2,3)36(35)32-25(13-18-12-23(29)24(30)14-22(18)28)19-10-20-7-8-21(11-19)33(20)26(34)17-6-4-5-16(9-17)15-31/h4-6,9,12,14,19-21,25,32H,7-8,10-11,13,15,31H2,1-3H3/t19?,20-,21+,25-,36?/m1/s1. The molecule has 196 valence electrons. The molecule has 0 aliphatic carbocycles. The summed E-state index contributed by atoms with van der Waals surface area (Å²) in [6, 6.07) is 8.38. The number of rotatable bonds is 7. The van der Waals surface area contributed by atoms with Gasteiger partial charge >= 0.3 is 0 Å². The van der Waals surface area contributed by atoms with Crippen LogP contribution < -0.4 is 10.5 Å². The first-order valence-electron chi connectivity index (χ1n) is 12.4. The minimum Gasteiger partial charge on any atom is -0.333 e. The van der Waals surface area contributed by atoms with E-state index in [4.69, 9.17) is 5.73 Å². The van der Waals surface area contributed by atoms with Crippen LogP contribution in [0, 0.1) is 23.4 Å². The van der Waals surface area contributed by atoms with Crippen molar-refractivity contribution in [3.63, 3.8) is 0 Å². The number of piperidine rings is 1. The Balaban J connectivity index is 1.57. The Morgan fingerprint density at radius 3 is 2.33 bits per heavy atom. The summed E-state index contributed by atoms with van der Waals surface area (Å²) in [7, 11) is -1.44. The maximum Gasteiger partial charge on any atom is 0.254 e. The topological polar surface area (TPSA) is 75.4 Å². The van der Waals surface area contributed by atoms with Gasteiger partial charge in [-0.2, -0.15) is 0 Å². The zero-order valence-corrected chi connectivity index (χ0v) is 21.7. The first kappa shape index (κ1) is 26.8. The Morgan fingerprint density at radius 2 is 1.72 bits per heavy atom. The van der Waals surface area contributed by atoms with Crippen molar-refractivity contribution in [2.75, 3.05) is 0 Å². The number of carbonyl (C=O) groups is 1. The molecule has 36 heavy (non-hydrogen) atoms. The number of halogens is 3. The van der Waals surface area contributed by atoms with Gasteiger partial charge in [0.15, 0.2) is 11.6 Å². The van der Waals surface area contributed by atoms with Crippen LogP contribution >= 0.6 is 0 Å². The highest BCUT2D eigenvalue weighted by Crippen LogP contribution is 2.41. The van der Waals surface area contributed by atoms with Crippen molar-refractivity contribution >= 4 is 16.9 Å². The summed E-state index contributed by atoms with van der Waals surface area (Å²) in [6.07, 6.45) is 3.10. The van der Waals surface area contributed by atoms with Crippen molar-refractivity contribution in [3.8, 4) is 0 Å². The van der Waals surface area contributed by atoms with Crippen LogP contribution in [-0.4, -0.2) is 37.9 Å². The zero-order valence-electron chi connectivity index (χ0n) is 20.9. The highest BCUT2D eigenvalue weighted by atomic mass is 32.2. The molecule has 0 aromatic heterocycles. The SMILES string of the molecule is CC(C)(C)S(=O)N[C@H](Cc1cc(F)c(F)cc1F)C1C[C@H]2CC[C@@H](C1)N2C(=O)c1cccc(CN)c1. The predicted molar refractivity (Wildman–Crippen MR) is 135 cm³/mol. The number of benzene rings is 2. The molecule has 1 amide bonds. The quantitative estimate of drug-likeness (QED) is 0.523. The number of fused-ring (bicyclic) bond motifs is 2. The molecular weight excluding hydrogens is 487 g/mol. The summed E-state index contributed by atoms with van der Waals surface area (Å²) >= 11 is 0. The van der Waals surface area contributed by atoms with Crippen LogP contribution in [0.5, 0.6) is 0 Å². The third-order valence-corrected chi connectivity index (χ3v) is 8.96. The third-order valence-electron chi connectivity index (χ3n) is 7.33. The number of nitrogens with one attached hydrogen (secondary N) is 1. The van der Waals surface area contributed by atoms with E-state index in [0.29, 0.717) is 31.0 Å². The lowest BCUT2D eigenvalue weighted by molar-refractivity contribution is 0.0494. The molecule has 2 aliphatic rings. The van der Waals surface area contributed by atoms with Gasteiger partial charge in [-0.1, -0.05) is 12.1 Å². The van der Waals surface area contributed by atoms with E-state index in [1.54, 1.807) is 6.07 Å². The largest absolute Gasteiger partial charge is 0.333 e. The average Bonchev–Trinajstić information content (AvgIpc) is 3.09. The van der Waals surface area contributed by atoms with Crippen molar-refractivity contribution in [1.29, 1.82) is 0 Å². The molecule has 9 heteroatoms. The molecule has 0 spiro atoms. The highest BCUT2D eigenvalue weighted by Gasteiger charge is 2.46. The van der Waals surface area contributed by atoms with Crippen LogP contribution in [0.1, 0.15) is 67.9 Å². The van der Waals surface area contributed by atoms with Gasteiger partial charge in [0.1, 0.15) is 5.82 Å². The minimum atomic E-state index is -1.44. The lowest BCUT2D eigenvalue weighted by atomic mass is 9.82. The number of amides is 1. The molecule has 2 unspecified atom stereocenters. The highest BCUT2D eigenvalue weighted by molar-refractivity contribution is 7.84. The molecule has 2 bridgehead atoms. The van der Waals surface area contributed by atoms with Crippen molar-refractivity contribution in [2.45, 2.75) is 82.3 Å². The first-order valence-corrected chi connectivity index (χ1v) is 13.6. The second-order valence-electron chi connectivity index (χ2n) is 10.9. The third kappa shape index (κ3) is 5.68. The van der Waals surface area contributed by atoms with Crippen molar-refractivity contribution in [1.82, 2.24) is 9.62 Å². The van der Waals surface area contributed by atoms with Gasteiger partial charge in [-0.3, -0.25) is 4.79 Å².